The summed E-state index contributed by atoms with van der Waals surface area (Å²) in [5, 5.41) is 0. The molecule has 0 aliphatic rings. The SMILES string of the molecule is Cc1ccc(C(=O)CS(=O)c2cc(C)ccc2C)cc1. The van der Waals surface area contributed by atoms with Gasteiger partial charge in [-0.15, -0.1) is 0 Å². The highest BCUT2D eigenvalue weighted by Gasteiger charge is 2.14. The Hall–Kier alpha value is -1.74. The second-order valence-electron chi connectivity index (χ2n) is 5.05. The first-order valence-corrected chi connectivity index (χ1v) is 7.85. The van der Waals surface area contributed by atoms with Crippen LogP contribution in [0.15, 0.2) is 47.4 Å². The van der Waals surface area contributed by atoms with Crippen LogP contribution in [0.3, 0.4) is 0 Å². The van der Waals surface area contributed by atoms with Crippen molar-refractivity contribution >= 4 is 16.6 Å². The smallest absolute Gasteiger partial charge is 0.175 e. The quantitative estimate of drug-likeness (QED) is 0.805. The molecular weight excluding hydrogens is 268 g/mol. The third-order valence-electron chi connectivity index (χ3n) is 3.22. The standard InChI is InChI=1S/C17H18O2S/c1-12-5-8-15(9-6-12)16(18)11-20(19)17-10-13(2)4-7-14(17)3/h4-10H,11H2,1-3H3. The Morgan fingerprint density at radius 2 is 1.55 bits per heavy atom. The van der Waals surface area contributed by atoms with E-state index in [2.05, 4.69) is 0 Å². The Bertz CT molecular complexity index is 657. The van der Waals surface area contributed by atoms with Crippen molar-refractivity contribution < 1.29 is 9.00 Å². The van der Waals surface area contributed by atoms with Gasteiger partial charge in [-0.1, -0.05) is 42.0 Å². The van der Waals surface area contributed by atoms with E-state index in [1.165, 1.54) is 0 Å². The van der Waals surface area contributed by atoms with Crippen LogP contribution in [0.1, 0.15) is 27.0 Å². The number of Topliss-reactive ketones (excluding diaryl/α,β-unsaturated/α-hetero) is 1. The minimum absolute atomic E-state index is 0.0351. The van der Waals surface area contributed by atoms with E-state index < -0.39 is 10.8 Å². The molecule has 0 fully saturated rings. The number of rotatable bonds is 4. The molecule has 0 bridgehead atoms. The molecule has 2 nitrogen and oxygen atoms in total. The molecule has 0 amide bonds. The molecule has 0 saturated heterocycles. The van der Waals surface area contributed by atoms with Crippen LogP contribution in [0.5, 0.6) is 0 Å². The number of carbonyl (C=O) groups excluding carboxylic acids is 1. The van der Waals surface area contributed by atoms with Gasteiger partial charge in [-0.05, 0) is 38.0 Å². The monoisotopic (exact) mass is 286 g/mol. The van der Waals surface area contributed by atoms with E-state index in [0.29, 0.717) is 5.56 Å². The van der Waals surface area contributed by atoms with Gasteiger partial charge in [0.05, 0.1) is 16.6 Å². The van der Waals surface area contributed by atoms with Crippen LogP contribution in [-0.2, 0) is 10.8 Å². The van der Waals surface area contributed by atoms with Gasteiger partial charge < -0.3 is 0 Å². The van der Waals surface area contributed by atoms with Gasteiger partial charge in [0.1, 0.15) is 0 Å². The maximum atomic E-state index is 12.4. The van der Waals surface area contributed by atoms with Crippen LogP contribution >= 0.6 is 0 Å². The molecule has 2 rings (SSSR count). The first-order valence-electron chi connectivity index (χ1n) is 6.53. The second kappa shape index (κ2) is 6.14. The minimum Gasteiger partial charge on any atom is -0.293 e. The molecule has 104 valence electrons. The van der Waals surface area contributed by atoms with Crippen LogP contribution in [0, 0.1) is 20.8 Å². The molecule has 1 unspecified atom stereocenters. The lowest BCUT2D eigenvalue weighted by molar-refractivity contribution is 0.102. The molecule has 0 N–H and O–H groups in total. The van der Waals surface area contributed by atoms with Gasteiger partial charge in [0.2, 0.25) is 0 Å². The molecule has 0 radical (unpaired) electrons. The number of hydrogen-bond acceptors (Lipinski definition) is 2. The van der Waals surface area contributed by atoms with Crippen molar-refractivity contribution in [2.45, 2.75) is 25.7 Å². The van der Waals surface area contributed by atoms with Crippen LogP contribution < -0.4 is 0 Å². The Morgan fingerprint density at radius 1 is 0.950 bits per heavy atom. The van der Waals surface area contributed by atoms with Crippen molar-refractivity contribution in [2.24, 2.45) is 0 Å². The number of hydrogen-bond donors (Lipinski definition) is 0. The summed E-state index contributed by atoms with van der Waals surface area (Å²) < 4.78 is 12.4. The van der Waals surface area contributed by atoms with Crippen LogP contribution in [0.25, 0.3) is 0 Å². The lowest BCUT2D eigenvalue weighted by atomic mass is 10.1. The zero-order chi connectivity index (χ0) is 14.7. The van der Waals surface area contributed by atoms with Gasteiger partial charge in [-0.2, -0.15) is 0 Å². The van der Waals surface area contributed by atoms with Crippen molar-refractivity contribution in [3.63, 3.8) is 0 Å². The molecule has 0 aliphatic heterocycles. The third-order valence-corrected chi connectivity index (χ3v) is 4.68. The Balaban J connectivity index is 2.17. The minimum atomic E-state index is -1.29. The van der Waals surface area contributed by atoms with E-state index >= 15 is 0 Å². The van der Waals surface area contributed by atoms with Gasteiger partial charge in [0, 0.05) is 10.5 Å². The lowest BCUT2D eigenvalue weighted by Gasteiger charge is -2.07. The highest BCUT2D eigenvalue weighted by atomic mass is 32.2. The molecule has 0 aromatic heterocycles. The number of benzene rings is 2. The molecular formula is C17H18O2S. The summed E-state index contributed by atoms with van der Waals surface area (Å²) in [6.07, 6.45) is 0. The molecule has 0 heterocycles. The summed E-state index contributed by atoms with van der Waals surface area (Å²) in [6.45, 7) is 5.85. The molecule has 20 heavy (non-hydrogen) atoms. The zero-order valence-corrected chi connectivity index (χ0v) is 12.8. The predicted octanol–water partition coefficient (Wildman–Crippen LogP) is 3.60. The Morgan fingerprint density at radius 3 is 2.20 bits per heavy atom. The van der Waals surface area contributed by atoms with E-state index in [4.69, 9.17) is 0 Å². The van der Waals surface area contributed by atoms with Gasteiger partial charge in [-0.3, -0.25) is 9.00 Å². The zero-order valence-electron chi connectivity index (χ0n) is 12.0. The van der Waals surface area contributed by atoms with Gasteiger partial charge in [0.15, 0.2) is 5.78 Å². The Labute approximate surface area is 122 Å². The predicted molar refractivity (Wildman–Crippen MR) is 82.7 cm³/mol. The number of ketones is 1. The average Bonchev–Trinajstić information content (AvgIpc) is 2.42. The molecule has 0 aliphatic carbocycles. The fraction of sp³-hybridized carbons (Fsp3) is 0.235. The van der Waals surface area contributed by atoms with Crippen LogP contribution in [-0.4, -0.2) is 15.7 Å². The van der Waals surface area contributed by atoms with E-state index in [1.807, 2.05) is 51.1 Å². The highest BCUT2D eigenvalue weighted by Crippen LogP contribution is 2.16. The van der Waals surface area contributed by atoms with E-state index in [-0.39, 0.29) is 11.5 Å². The molecule has 2 aromatic carbocycles. The van der Waals surface area contributed by atoms with E-state index in [0.717, 1.165) is 21.6 Å². The number of aryl methyl sites for hydroxylation is 3. The molecule has 1 atom stereocenters. The summed E-state index contributed by atoms with van der Waals surface area (Å²) in [7, 11) is -1.29. The molecule has 0 saturated carbocycles. The molecule has 2 aromatic rings. The average molecular weight is 286 g/mol. The van der Waals surface area contributed by atoms with Crippen molar-refractivity contribution in [2.75, 3.05) is 5.75 Å². The molecule has 3 heteroatoms. The maximum Gasteiger partial charge on any atom is 0.175 e. The summed E-state index contributed by atoms with van der Waals surface area (Å²) in [6, 6.07) is 13.2. The summed E-state index contributed by atoms with van der Waals surface area (Å²) in [5.41, 5.74) is 3.75. The van der Waals surface area contributed by atoms with Crippen molar-refractivity contribution in [3.8, 4) is 0 Å². The van der Waals surface area contributed by atoms with Crippen LogP contribution in [0.2, 0.25) is 0 Å². The summed E-state index contributed by atoms with van der Waals surface area (Å²) >= 11 is 0. The molecule has 0 spiro atoms. The lowest BCUT2D eigenvalue weighted by Crippen LogP contribution is -2.12. The van der Waals surface area contributed by atoms with Crippen molar-refractivity contribution in [3.05, 3.63) is 64.7 Å². The Kier molecular flexibility index (Phi) is 4.50. The van der Waals surface area contributed by atoms with Crippen LogP contribution in [0.4, 0.5) is 0 Å². The highest BCUT2D eigenvalue weighted by molar-refractivity contribution is 7.85. The van der Waals surface area contributed by atoms with Gasteiger partial charge >= 0.3 is 0 Å². The van der Waals surface area contributed by atoms with Gasteiger partial charge in [-0.25, -0.2) is 0 Å². The van der Waals surface area contributed by atoms with Crippen molar-refractivity contribution in [1.82, 2.24) is 0 Å². The number of carbonyl (C=O) groups is 1. The third kappa shape index (κ3) is 3.42. The fourth-order valence-electron chi connectivity index (χ4n) is 1.97. The van der Waals surface area contributed by atoms with Gasteiger partial charge in [0.25, 0.3) is 0 Å². The topological polar surface area (TPSA) is 34.1 Å². The van der Waals surface area contributed by atoms with Crippen molar-refractivity contribution in [1.29, 1.82) is 0 Å². The maximum absolute atomic E-state index is 12.4. The first kappa shape index (κ1) is 14.7. The second-order valence-corrected chi connectivity index (χ2v) is 6.47. The fourth-order valence-corrected chi connectivity index (χ4v) is 3.28. The largest absolute Gasteiger partial charge is 0.293 e. The summed E-state index contributed by atoms with van der Waals surface area (Å²) in [4.78, 5) is 12.9. The summed E-state index contributed by atoms with van der Waals surface area (Å²) in [5.74, 6) is -0.0443. The van der Waals surface area contributed by atoms with E-state index in [1.54, 1.807) is 12.1 Å². The normalized spacial score (nSPS) is 12.2. The van der Waals surface area contributed by atoms with E-state index in [9.17, 15) is 9.00 Å². The first-order chi connectivity index (χ1) is 9.47.